The molecule has 5 rings (SSSR count). The summed E-state index contributed by atoms with van der Waals surface area (Å²) in [6, 6.07) is 0.985. The molecule has 0 aliphatic carbocycles. The Bertz CT molecular complexity index is 1240. The van der Waals surface area contributed by atoms with Crippen molar-refractivity contribution < 1.29 is 22.0 Å². The van der Waals surface area contributed by atoms with Gasteiger partial charge in [-0.3, -0.25) is 0 Å². The number of hydrogen-bond donors (Lipinski definition) is 0. The molecule has 2 aliphatic rings. The van der Waals surface area contributed by atoms with Crippen molar-refractivity contribution in [3.63, 3.8) is 0 Å². The molecule has 0 saturated carbocycles. The van der Waals surface area contributed by atoms with Gasteiger partial charge < -0.3 is 9.80 Å². The third kappa shape index (κ3) is 4.11. The largest absolute Gasteiger partial charge is 0.433 e. The first-order chi connectivity index (χ1) is 15.8. The maximum Gasteiger partial charge on any atom is 0.433 e. The Kier molecular flexibility index (Phi) is 4.96. The minimum Gasteiger partial charge on any atom is -0.355 e. The predicted molar refractivity (Wildman–Crippen MR) is 114 cm³/mol. The second-order valence-corrected chi connectivity index (χ2v) is 9.40. The fourth-order valence-corrected chi connectivity index (χ4v) is 4.78. The molecular weight excluding hydrogens is 459 g/mol. The van der Waals surface area contributed by atoms with E-state index in [1.807, 2.05) is 9.80 Å². The second kappa shape index (κ2) is 7.44. The molecule has 0 unspecified atom stereocenters. The topological polar surface area (TPSA) is 75.9 Å². The normalized spacial score (nSPS) is 18.2. The van der Waals surface area contributed by atoms with Crippen LogP contribution in [0.15, 0.2) is 12.3 Å². The Labute approximate surface area is 191 Å². The van der Waals surface area contributed by atoms with E-state index in [2.05, 4.69) is 25.0 Å². The van der Waals surface area contributed by atoms with Crippen LogP contribution in [0.4, 0.5) is 33.6 Å². The van der Waals surface area contributed by atoms with Gasteiger partial charge in [-0.05, 0) is 20.3 Å². The van der Waals surface area contributed by atoms with E-state index in [0.717, 1.165) is 19.4 Å². The van der Waals surface area contributed by atoms with Crippen LogP contribution in [0.2, 0.25) is 0 Å². The van der Waals surface area contributed by atoms with Gasteiger partial charge in [-0.25, -0.2) is 33.4 Å². The number of nitrogens with zero attached hydrogens (tertiary/aromatic N) is 8. The first-order valence-corrected chi connectivity index (χ1v) is 10.8. The maximum atomic E-state index is 13.6. The van der Waals surface area contributed by atoms with Crippen LogP contribution in [-0.2, 0) is 12.7 Å². The Hall–Kier alpha value is -3.12. The highest BCUT2D eigenvalue weighted by molar-refractivity contribution is 5.75. The molecule has 34 heavy (non-hydrogen) atoms. The molecule has 3 aromatic rings. The lowest BCUT2D eigenvalue weighted by molar-refractivity contribution is -0.141. The van der Waals surface area contributed by atoms with Gasteiger partial charge in [-0.2, -0.15) is 18.3 Å². The number of aromatic nitrogens is 6. The summed E-state index contributed by atoms with van der Waals surface area (Å²) < 4.78 is 67.8. The summed E-state index contributed by atoms with van der Waals surface area (Å²) in [6.07, 6.45) is -2.09. The molecule has 0 amide bonds. The summed E-state index contributed by atoms with van der Waals surface area (Å²) in [5.74, 6) is -2.03. The fourth-order valence-electron chi connectivity index (χ4n) is 4.78. The number of rotatable bonds is 4. The minimum atomic E-state index is -4.53. The van der Waals surface area contributed by atoms with E-state index in [-0.39, 0.29) is 17.1 Å². The summed E-state index contributed by atoms with van der Waals surface area (Å²) in [6.45, 7) is 5.83. The number of aryl methyl sites for hydroxylation is 2. The average Bonchev–Trinajstić information content (AvgIpc) is 3.27. The number of hydrogen-bond acceptors (Lipinski definition) is 7. The third-order valence-electron chi connectivity index (χ3n) is 6.28. The molecule has 0 atom stereocenters. The Morgan fingerprint density at radius 3 is 2.35 bits per heavy atom. The maximum absolute atomic E-state index is 13.6. The first-order valence-electron chi connectivity index (χ1n) is 10.8. The quantitative estimate of drug-likeness (QED) is 0.526. The Morgan fingerprint density at radius 1 is 0.971 bits per heavy atom. The van der Waals surface area contributed by atoms with Crippen LogP contribution in [0.5, 0.6) is 0 Å². The zero-order valence-electron chi connectivity index (χ0n) is 18.9. The van der Waals surface area contributed by atoms with Crippen LogP contribution in [0.25, 0.3) is 11.2 Å². The molecule has 8 nitrogen and oxygen atoms in total. The summed E-state index contributed by atoms with van der Waals surface area (Å²) in [7, 11) is 0. The van der Waals surface area contributed by atoms with Crippen LogP contribution in [0.3, 0.4) is 0 Å². The lowest BCUT2D eigenvalue weighted by Gasteiger charge is -2.48. The van der Waals surface area contributed by atoms with Crippen LogP contribution in [0, 0.1) is 19.3 Å². The molecule has 13 heteroatoms. The highest BCUT2D eigenvalue weighted by Gasteiger charge is 2.49. The second-order valence-electron chi connectivity index (χ2n) is 9.40. The van der Waals surface area contributed by atoms with E-state index in [4.69, 9.17) is 0 Å². The summed E-state index contributed by atoms with van der Waals surface area (Å²) in [5.41, 5.74) is 0.266. The van der Waals surface area contributed by atoms with Crippen molar-refractivity contribution in [1.29, 1.82) is 0 Å². The lowest BCUT2D eigenvalue weighted by Crippen LogP contribution is -2.58. The van der Waals surface area contributed by atoms with Gasteiger partial charge in [0, 0.05) is 44.6 Å². The summed E-state index contributed by atoms with van der Waals surface area (Å²) >= 11 is 0. The van der Waals surface area contributed by atoms with E-state index in [1.54, 1.807) is 13.1 Å². The zero-order valence-corrected chi connectivity index (χ0v) is 18.9. The number of halogens is 5. The number of anilines is 2. The van der Waals surface area contributed by atoms with Crippen LogP contribution in [0.1, 0.15) is 30.6 Å². The molecule has 5 heterocycles. The third-order valence-corrected chi connectivity index (χ3v) is 6.28. The standard InChI is InChI=1S/C21H23F5N8/c1-12-17-18(34(31-12)8-19(3,22)23)30-16(7-27-17)32-5-4-20(9-32)10-33(11-20)15-6-14(21(24,25)26)28-13(2)29-15/h6-7H,4-5,8-11H2,1-3H3. The predicted octanol–water partition coefficient (Wildman–Crippen LogP) is 3.62. The monoisotopic (exact) mass is 482 g/mol. The van der Waals surface area contributed by atoms with Crippen molar-refractivity contribution in [2.24, 2.45) is 5.41 Å². The minimum absolute atomic E-state index is 0.0759. The molecule has 3 aromatic heterocycles. The lowest BCUT2D eigenvalue weighted by atomic mass is 9.79. The molecule has 0 radical (unpaired) electrons. The molecule has 2 fully saturated rings. The van der Waals surface area contributed by atoms with Crippen molar-refractivity contribution in [3.05, 3.63) is 29.5 Å². The molecule has 0 bridgehead atoms. The van der Waals surface area contributed by atoms with Crippen LogP contribution < -0.4 is 9.80 Å². The molecular formula is C21H23F5N8. The van der Waals surface area contributed by atoms with Gasteiger partial charge in [0.1, 0.15) is 35.2 Å². The fraction of sp³-hybridized carbons (Fsp3) is 0.571. The first kappa shape index (κ1) is 22.7. The van der Waals surface area contributed by atoms with Gasteiger partial charge in [0.15, 0.2) is 5.65 Å². The van der Waals surface area contributed by atoms with Crippen molar-refractivity contribution in [2.75, 3.05) is 36.0 Å². The molecule has 1 spiro atoms. The van der Waals surface area contributed by atoms with E-state index in [1.165, 1.54) is 11.6 Å². The highest BCUT2D eigenvalue weighted by atomic mass is 19.4. The smallest absolute Gasteiger partial charge is 0.355 e. The SMILES string of the molecule is Cc1nc(N2CC3(CCN(c4cnc5c(C)nn(CC(C)(F)F)c5n4)C3)C2)cc(C(F)(F)F)n1. The highest BCUT2D eigenvalue weighted by Crippen LogP contribution is 2.43. The van der Waals surface area contributed by atoms with Gasteiger partial charge in [0.2, 0.25) is 0 Å². The van der Waals surface area contributed by atoms with Gasteiger partial charge in [0.25, 0.3) is 5.92 Å². The Balaban J connectivity index is 1.33. The molecule has 2 saturated heterocycles. The van der Waals surface area contributed by atoms with Crippen molar-refractivity contribution in [3.8, 4) is 0 Å². The van der Waals surface area contributed by atoms with Gasteiger partial charge in [-0.1, -0.05) is 0 Å². The summed E-state index contributed by atoms with van der Waals surface area (Å²) in [5, 5.41) is 4.17. The van der Waals surface area contributed by atoms with Gasteiger partial charge in [-0.15, -0.1) is 0 Å². The molecule has 2 aliphatic heterocycles. The van der Waals surface area contributed by atoms with Crippen LogP contribution in [-0.4, -0.2) is 61.8 Å². The van der Waals surface area contributed by atoms with E-state index in [9.17, 15) is 22.0 Å². The van der Waals surface area contributed by atoms with E-state index >= 15 is 0 Å². The Morgan fingerprint density at radius 2 is 1.68 bits per heavy atom. The van der Waals surface area contributed by atoms with E-state index < -0.39 is 24.3 Å². The van der Waals surface area contributed by atoms with Crippen LogP contribution >= 0.6 is 0 Å². The zero-order chi connectivity index (χ0) is 24.5. The van der Waals surface area contributed by atoms with Gasteiger partial charge >= 0.3 is 6.18 Å². The van der Waals surface area contributed by atoms with Crippen molar-refractivity contribution >= 4 is 22.8 Å². The van der Waals surface area contributed by atoms with Gasteiger partial charge in [0.05, 0.1) is 11.9 Å². The number of alkyl halides is 5. The molecule has 182 valence electrons. The number of fused-ring (bicyclic) bond motifs is 1. The molecule has 0 aromatic carbocycles. The van der Waals surface area contributed by atoms with E-state index in [0.29, 0.717) is 48.9 Å². The van der Waals surface area contributed by atoms with Crippen molar-refractivity contribution in [2.45, 2.75) is 45.8 Å². The average molecular weight is 482 g/mol. The molecule has 0 N–H and O–H groups in total. The summed E-state index contributed by atoms with van der Waals surface area (Å²) in [4.78, 5) is 20.5. The van der Waals surface area contributed by atoms with Crippen molar-refractivity contribution in [1.82, 2.24) is 29.7 Å².